The van der Waals surface area contributed by atoms with Crippen molar-refractivity contribution < 1.29 is 49.4 Å². The Balaban J connectivity index is 0.977. The number of imidazole rings is 2. The zero-order valence-corrected chi connectivity index (χ0v) is 27.4. The summed E-state index contributed by atoms with van der Waals surface area (Å²) in [5.74, 6) is -0.148. The second-order valence-corrected chi connectivity index (χ2v) is 12.2. The Morgan fingerprint density at radius 3 is 1.88 bits per heavy atom. The molecule has 274 valence electrons. The molecule has 4 amide bonds. The third kappa shape index (κ3) is 7.28. The first kappa shape index (κ1) is 35.8. The molecule has 6 heterocycles. The van der Waals surface area contributed by atoms with E-state index in [4.69, 9.17) is 9.47 Å². The van der Waals surface area contributed by atoms with Gasteiger partial charge in [-0.3, -0.25) is 24.6 Å². The Morgan fingerprint density at radius 2 is 1.35 bits per heavy atom. The molecular weight excluding hydrogens is 676 g/mol. The largest absolute Gasteiger partial charge is 0.394 e. The number of fused-ring (bicyclic) bond motifs is 2. The summed E-state index contributed by atoms with van der Waals surface area (Å²) < 4.78 is 14.0. The van der Waals surface area contributed by atoms with Crippen LogP contribution in [0.5, 0.6) is 0 Å². The molecule has 9 unspecified atom stereocenters. The Bertz CT molecular complexity index is 1890. The average Bonchev–Trinajstić information content (AvgIpc) is 3.86. The van der Waals surface area contributed by atoms with Crippen LogP contribution in [0.3, 0.4) is 0 Å². The van der Waals surface area contributed by atoms with Crippen molar-refractivity contribution in [1.82, 2.24) is 49.7 Å². The number of aliphatic hydroxyl groups excluding tert-OH is 5. The van der Waals surface area contributed by atoms with Gasteiger partial charge in [-0.1, -0.05) is 0 Å². The quantitative estimate of drug-likeness (QED) is 0.0738. The highest BCUT2D eigenvalue weighted by molar-refractivity contribution is 5.98. The van der Waals surface area contributed by atoms with Crippen LogP contribution < -0.4 is 21.3 Å². The summed E-state index contributed by atoms with van der Waals surface area (Å²) >= 11 is 0. The molecule has 6 rings (SSSR count). The number of urea groups is 2. The molecule has 0 bridgehead atoms. The van der Waals surface area contributed by atoms with E-state index in [2.05, 4.69) is 51.2 Å². The van der Waals surface area contributed by atoms with Gasteiger partial charge in [0.05, 0.1) is 31.4 Å². The number of aromatic nitrogens is 8. The maximum Gasteiger partial charge on any atom is 0.321 e. The van der Waals surface area contributed by atoms with Crippen LogP contribution in [0.2, 0.25) is 0 Å². The van der Waals surface area contributed by atoms with Crippen LogP contribution in [-0.4, -0.2) is 138 Å². The number of amides is 4. The molecule has 22 heteroatoms. The van der Waals surface area contributed by atoms with E-state index in [-0.39, 0.29) is 52.7 Å². The Hall–Kier alpha value is -4.97. The maximum atomic E-state index is 12.9. The fourth-order valence-corrected chi connectivity index (χ4v) is 5.93. The van der Waals surface area contributed by atoms with E-state index in [1.165, 1.54) is 35.0 Å². The van der Waals surface area contributed by atoms with Crippen molar-refractivity contribution in [3.05, 3.63) is 25.3 Å². The predicted octanol–water partition coefficient (Wildman–Crippen LogP) is -1.71. The van der Waals surface area contributed by atoms with Crippen LogP contribution in [0, 0.1) is 0 Å². The van der Waals surface area contributed by atoms with Gasteiger partial charge < -0.3 is 45.6 Å². The van der Waals surface area contributed by atoms with Crippen LogP contribution in [0.1, 0.15) is 45.6 Å². The van der Waals surface area contributed by atoms with Gasteiger partial charge in [0, 0.05) is 6.54 Å². The van der Waals surface area contributed by atoms with E-state index in [1.807, 2.05) is 0 Å². The van der Waals surface area contributed by atoms with Crippen molar-refractivity contribution in [3.8, 4) is 0 Å². The molecule has 51 heavy (non-hydrogen) atoms. The minimum Gasteiger partial charge on any atom is -0.394 e. The summed E-state index contributed by atoms with van der Waals surface area (Å²) in [6.45, 7) is 2.70. The number of carbonyl (C=O) groups excluding carboxylic acids is 3. The monoisotopic (exact) mass is 714 g/mol. The molecule has 0 saturated carbocycles. The Morgan fingerprint density at radius 1 is 0.784 bits per heavy atom. The predicted molar refractivity (Wildman–Crippen MR) is 173 cm³/mol. The molecule has 9 N–H and O–H groups in total. The van der Waals surface area contributed by atoms with Crippen molar-refractivity contribution in [2.75, 3.05) is 23.8 Å². The first-order chi connectivity index (χ1) is 24.5. The molecule has 2 aliphatic heterocycles. The summed E-state index contributed by atoms with van der Waals surface area (Å²) in [4.78, 5) is 62.8. The summed E-state index contributed by atoms with van der Waals surface area (Å²) in [6.07, 6.45) is -2.35. The van der Waals surface area contributed by atoms with Crippen molar-refractivity contribution in [3.63, 3.8) is 0 Å². The number of Topliss-reactive ketones (excluding diaryl/α,β-unsaturated/α-hetero) is 1. The van der Waals surface area contributed by atoms with Gasteiger partial charge in [0.1, 0.15) is 43.2 Å². The number of unbranched alkanes of at least 4 members (excludes halogenated alkanes) is 1. The van der Waals surface area contributed by atoms with Gasteiger partial charge in [0.15, 0.2) is 52.2 Å². The lowest BCUT2D eigenvalue weighted by molar-refractivity contribution is -0.118. The highest BCUT2D eigenvalue weighted by atomic mass is 16.6. The lowest BCUT2D eigenvalue weighted by atomic mass is 10.1. The second-order valence-electron chi connectivity index (χ2n) is 12.2. The number of nitrogens with zero attached hydrogens (tertiary/aromatic N) is 8. The number of nitrogens with one attached hydrogen (secondary N) is 4. The van der Waals surface area contributed by atoms with Crippen molar-refractivity contribution >= 4 is 51.8 Å². The van der Waals surface area contributed by atoms with Gasteiger partial charge in [-0.2, -0.15) is 0 Å². The molecule has 9 atom stereocenters. The average molecular weight is 715 g/mol. The van der Waals surface area contributed by atoms with Gasteiger partial charge in [0.25, 0.3) is 0 Å². The summed E-state index contributed by atoms with van der Waals surface area (Å²) in [5, 5.41) is 60.8. The molecule has 2 saturated heterocycles. The summed E-state index contributed by atoms with van der Waals surface area (Å²) in [5.41, 5.74) is 0.871. The number of hydrogen-bond donors (Lipinski definition) is 9. The number of anilines is 2. The molecule has 0 radical (unpaired) electrons. The molecule has 0 aliphatic carbocycles. The van der Waals surface area contributed by atoms with Crippen LogP contribution in [-0.2, 0) is 14.3 Å². The molecule has 22 nitrogen and oxygen atoms in total. The first-order valence-electron chi connectivity index (χ1n) is 16.1. The van der Waals surface area contributed by atoms with Gasteiger partial charge in [0.2, 0.25) is 0 Å². The molecular formula is C29H38N12O10. The van der Waals surface area contributed by atoms with Gasteiger partial charge in [-0.05, 0) is 33.1 Å². The van der Waals surface area contributed by atoms with E-state index >= 15 is 0 Å². The SMILES string of the molecule is CC(=O)C(CCCCNC(=O)Nc1ncnc2c1ncn2C1OC(C)C(O)C1O)NC(=O)Nc1ncnc2c1ncn2C1OC(CO)C(O)C1O. The van der Waals surface area contributed by atoms with E-state index in [9.17, 15) is 39.9 Å². The van der Waals surface area contributed by atoms with Crippen LogP contribution in [0.15, 0.2) is 25.3 Å². The standard InChI is InChI=1S/C29H38N12O10/c1-12(43)14(37-29(49)39-23-17-25(34-9-32-23)41(11-36-17)27-21(47)19(45)15(7-42)51-27)5-3-4-6-30-28(48)38-22-16-24(33-8-31-22)40(10-35-16)26-20(46)18(44)13(2)50-26/h8-11,13-15,18-21,26-27,42,44-47H,3-7H2,1-2H3,(H2,30,31,33,38,48)(H2,32,34,37,39,49). The Kier molecular flexibility index (Phi) is 10.6. The number of carbonyl (C=O) groups is 3. The summed E-state index contributed by atoms with van der Waals surface area (Å²) in [6, 6.07) is -2.14. The van der Waals surface area contributed by atoms with Crippen LogP contribution in [0.4, 0.5) is 21.2 Å². The third-order valence-electron chi connectivity index (χ3n) is 8.73. The maximum absolute atomic E-state index is 12.9. The number of ether oxygens (including phenoxy) is 2. The van der Waals surface area contributed by atoms with Gasteiger partial charge in [-0.15, -0.1) is 0 Å². The van der Waals surface area contributed by atoms with Crippen LogP contribution >= 0.6 is 0 Å². The van der Waals surface area contributed by atoms with Gasteiger partial charge in [-0.25, -0.2) is 39.5 Å². The minimum atomic E-state index is -1.37. The first-order valence-corrected chi connectivity index (χ1v) is 16.1. The van der Waals surface area contributed by atoms with E-state index in [1.54, 1.807) is 6.92 Å². The zero-order chi connectivity index (χ0) is 36.4. The lowest BCUT2D eigenvalue weighted by Gasteiger charge is -2.17. The highest BCUT2D eigenvalue weighted by Gasteiger charge is 2.44. The van der Waals surface area contributed by atoms with Crippen molar-refractivity contribution in [1.29, 1.82) is 0 Å². The van der Waals surface area contributed by atoms with E-state index in [0.717, 1.165) is 6.33 Å². The fourth-order valence-electron chi connectivity index (χ4n) is 5.93. The summed E-state index contributed by atoms with van der Waals surface area (Å²) in [7, 11) is 0. The number of rotatable bonds is 12. The topological polar surface area (TPSA) is 306 Å². The Labute approximate surface area is 288 Å². The van der Waals surface area contributed by atoms with E-state index in [0.29, 0.717) is 12.8 Å². The highest BCUT2D eigenvalue weighted by Crippen LogP contribution is 2.33. The molecule has 0 spiro atoms. The minimum absolute atomic E-state index is 0.0195. The third-order valence-corrected chi connectivity index (χ3v) is 8.73. The number of aliphatic hydroxyl groups is 5. The van der Waals surface area contributed by atoms with Crippen molar-refractivity contribution in [2.45, 2.75) is 88.2 Å². The second kappa shape index (κ2) is 15.1. The molecule has 0 aromatic carbocycles. The molecule has 4 aromatic heterocycles. The van der Waals surface area contributed by atoms with E-state index < -0.39 is 73.8 Å². The number of ketones is 1. The smallest absolute Gasteiger partial charge is 0.321 e. The van der Waals surface area contributed by atoms with Crippen molar-refractivity contribution in [2.24, 2.45) is 0 Å². The fraction of sp³-hybridized carbons (Fsp3) is 0.552. The molecule has 2 fully saturated rings. The molecule has 4 aromatic rings. The molecule has 2 aliphatic rings. The van der Waals surface area contributed by atoms with Crippen LogP contribution in [0.25, 0.3) is 22.3 Å². The number of hydrogen-bond acceptors (Lipinski definition) is 16. The normalized spacial score (nSPS) is 26.7. The zero-order valence-electron chi connectivity index (χ0n) is 27.4. The van der Waals surface area contributed by atoms with Gasteiger partial charge >= 0.3 is 12.1 Å². The lowest BCUT2D eigenvalue weighted by Crippen LogP contribution is -2.42.